The van der Waals surface area contributed by atoms with Crippen LogP contribution in [-0.4, -0.2) is 34.0 Å². The molecule has 1 fully saturated rings. The molecule has 0 bridgehead atoms. The van der Waals surface area contributed by atoms with Crippen LogP contribution in [0.1, 0.15) is 39.5 Å². The van der Waals surface area contributed by atoms with Gasteiger partial charge in [0.15, 0.2) is 0 Å². The summed E-state index contributed by atoms with van der Waals surface area (Å²) in [7, 11) is 0. The summed E-state index contributed by atoms with van der Waals surface area (Å²) in [6.07, 6.45) is 4.54. The van der Waals surface area contributed by atoms with E-state index in [4.69, 9.17) is 9.15 Å². The summed E-state index contributed by atoms with van der Waals surface area (Å²) in [6.45, 7) is 4.43. The van der Waals surface area contributed by atoms with Crippen LogP contribution < -0.4 is 10.1 Å². The molecule has 0 saturated heterocycles. The van der Waals surface area contributed by atoms with Crippen LogP contribution >= 0.6 is 11.8 Å². The highest BCUT2D eigenvalue weighted by molar-refractivity contribution is 8.00. The van der Waals surface area contributed by atoms with Gasteiger partial charge in [-0.15, -0.1) is 10.2 Å². The summed E-state index contributed by atoms with van der Waals surface area (Å²) < 4.78 is 11.1. The van der Waals surface area contributed by atoms with E-state index in [-0.39, 0.29) is 11.2 Å². The Morgan fingerprint density at radius 2 is 2.04 bits per heavy atom. The quantitative estimate of drug-likeness (QED) is 0.758. The number of nitrogens with one attached hydrogen (secondary N) is 1. The van der Waals surface area contributed by atoms with Crippen molar-refractivity contribution >= 4 is 17.7 Å². The van der Waals surface area contributed by atoms with E-state index in [1.165, 1.54) is 24.6 Å². The minimum atomic E-state index is -0.269. The van der Waals surface area contributed by atoms with E-state index in [1.807, 2.05) is 38.1 Å². The second-order valence-electron chi connectivity index (χ2n) is 6.08. The summed E-state index contributed by atoms with van der Waals surface area (Å²) in [5, 5.41) is 11.3. The third kappa shape index (κ3) is 4.75. The number of carbonyl (C=O) groups is 1. The molecule has 0 aliphatic heterocycles. The van der Waals surface area contributed by atoms with Crippen LogP contribution in [0.2, 0.25) is 0 Å². The van der Waals surface area contributed by atoms with Crippen LogP contribution in [0.5, 0.6) is 5.75 Å². The summed E-state index contributed by atoms with van der Waals surface area (Å²) >= 11 is 1.28. The Kier molecular flexibility index (Phi) is 5.96. The van der Waals surface area contributed by atoms with E-state index in [1.54, 1.807) is 0 Å². The van der Waals surface area contributed by atoms with Crippen molar-refractivity contribution < 1.29 is 13.9 Å². The highest BCUT2D eigenvalue weighted by Gasteiger charge is 2.23. The maximum atomic E-state index is 12.2. The number of thioether (sulfide) groups is 1. The van der Waals surface area contributed by atoms with Crippen molar-refractivity contribution in [3.63, 3.8) is 0 Å². The fourth-order valence-corrected chi connectivity index (χ4v) is 3.52. The number of ether oxygens (including phenoxy) is 1. The second-order valence-corrected chi connectivity index (χ2v) is 7.37. The molecule has 1 atom stereocenters. The molecule has 3 rings (SSSR count). The molecule has 0 radical (unpaired) electrons. The van der Waals surface area contributed by atoms with Crippen molar-refractivity contribution in [2.24, 2.45) is 0 Å². The maximum Gasteiger partial charge on any atom is 0.277 e. The van der Waals surface area contributed by atoms with Gasteiger partial charge in [0.25, 0.3) is 5.22 Å². The molecule has 1 N–H and O–H groups in total. The summed E-state index contributed by atoms with van der Waals surface area (Å²) in [5.74, 6) is 1.27. The van der Waals surface area contributed by atoms with E-state index in [9.17, 15) is 4.79 Å². The lowest BCUT2D eigenvalue weighted by Crippen LogP contribution is -2.37. The Labute approximate surface area is 151 Å². The summed E-state index contributed by atoms with van der Waals surface area (Å²) in [5.41, 5.74) is 0.825. The molecule has 2 aromatic rings. The van der Waals surface area contributed by atoms with Crippen molar-refractivity contribution in [3.05, 3.63) is 24.3 Å². The van der Waals surface area contributed by atoms with Gasteiger partial charge in [-0.2, -0.15) is 0 Å². The number of amides is 1. The van der Waals surface area contributed by atoms with Gasteiger partial charge in [0.2, 0.25) is 11.8 Å². The SMILES string of the molecule is CCOc1ccc(-c2nnc(S[C@H](C)C(=O)NC3CCCC3)o2)cc1. The zero-order valence-electron chi connectivity index (χ0n) is 14.5. The third-order valence-corrected chi connectivity index (χ3v) is 5.10. The van der Waals surface area contributed by atoms with Gasteiger partial charge < -0.3 is 14.5 Å². The number of nitrogens with zero attached hydrogens (tertiary/aromatic N) is 2. The zero-order valence-corrected chi connectivity index (χ0v) is 15.3. The molecule has 134 valence electrons. The van der Waals surface area contributed by atoms with Crippen LogP contribution in [0.3, 0.4) is 0 Å². The molecule has 1 aliphatic carbocycles. The number of benzene rings is 1. The van der Waals surface area contributed by atoms with Gasteiger partial charge in [-0.3, -0.25) is 4.79 Å². The Morgan fingerprint density at radius 1 is 1.32 bits per heavy atom. The van der Waals surface area contributed by atoms with Crippen molar-refractivity contribution in [2.45, 2.75) is 56.0 Å². The van der Waals surface area contributed by atoms with E-state index < -0.39 is 0 Å². The first-order chi connectivity index (χ1) is 12.2. The van der Waals surface area contributed by atoms with Crippen molar-refractivity contribution in [3.8, 4) is 17.2 Å². The van der Waals surface area contributed by atoms with Crippen LogP contribution in [0.4, 0.5) is 0 Å². The topological polar surface area (TPSA) is 77.2 Å². The average Bonchev–Trinajstić information content (AvgIpc) is 3.28. The van der Waals surface area contributed by atoms with Gasteiger partial charge in [-0.1, -0.05) is 24.6 Å². The standard InChI is InChI=1S/C18H23N3O3S/c1-3-23-15-10-8-13(9-11-15)17-20-21-18(24-17)25-12(2)16(22)19-14-6-4-5-7-14/h8-12,14H,3-7H2,1-2H3,(H,19,22)/t12-/m1/s1. The van der Waals surface area contributed by atoms with E-state index in [0.29, 0.717) is 23.8 Å². The maximum absolute atomic E-state index is 12.2. The smallest absolute Gasteiger partial charge is 0.277 e. The molecule has 1 aliphatic rings. The number of carbonyl (C=O) groups excluding carboxylic acids is 1. The molecule has 7 heteroatoms. The number of rotatable bonds is 7. The molecule has 6 nitrogen and oxygen atoms in total. The Balaban J connectivity index is 1.57. The predicted molar refractivity (Wildman–Crippen MR) is 96.6 cm³/mol. The molecule has 1 heterocycles. The van der Waals surface area contributed by atoms with Gasteiger partial charge in [-0.25, -0.2) is 0 Å². The number of hydrogen-bond donors (Lipinski definition) is 1. The first-order valence-electron chi connectivity index (χ1n) is 8.69. The second kappa shape index (κ2) is 8.38. The van der Waals surface area contributed by atoms with Gasteiger partial charge in [-0.05, 0) is 51.0 Å². The molecule has 1 aromatic carbocycles. The molecule has 1 amide bonds. The number of hydrogen-bond acceptors (Lipinski definition) is 6. The first-order valence-corrected chi connectivity index (χ1v) is 9.57. The van der Waals surface area contributed by atoms with Gasteiger partial charge in [0.05, 0.1) is 11.9 Å². The van der Waals surface area contributed by atoms with E-state index >= 15 is 0 Å². The van der Waals surface area contributed by atoms with Crippen LogP contribution in [-0.2, 0) is 4.79 Å². The van der Waals surface area contributed by atoms with Gasteiger partial charge in [0.1, 0.15) is 5.75 Å². The van der Waals surface area contributed by atoms with Crippen molar-refractivity contribution in [1.29, 1.82) is 0 Å². The van der Waals surface area contributed by atoms with E-state index in [0.717, 1.165) is 24.2 Å². The lowest BCUT2D eigenvalue weighted by atomic mass is 10.2. The van der Waals surface area contributed by atoms with Crippen molar-refractivity contribution in [2.75, 3.05) is 6.61 Å². The lowest BCUT2D eigenvalue weighted by molar-refractivity contribution is -0.120. The molecule has 0 spiro atoms. The summed E-state index contributed by atoms with van der Waals surface area (Å²) in [6, 6.07) is 7.81. The lowest BCUT2D eigenvalue weighted by Gasteiger charge is -2.14. The zero-order chi connectivity index (χ0) is 17.6. The molecule has 25 heavy (non-hydrogen) atoms. The predicted octanol–water partition coefficient (Wildman–Crippen LogP) is 3.67. The molecular weight excluding hydrogens is 338 g/mol. The molecule has 1 saturated carbocycles. The largest absolute Gasteiger partial charge is 0.494 e. The normalized spacial score (nSPS) is 15.9. The van der Waals surface area contributed by atoms with Crippen LogP contribution in [0, 0.1) is 0 Å². The highest BCUT2D eigenvalue weighted by atomic mass is 32.2. The monoisotopic (exact) mass is 361 g/mol. The number of aromatic nitrogens is 2. The van der Waals surface area contributed by atoms with Gasteiger partial charge >= 0.3 is 0 Å². The van der Waals surface area contributed by atoms with Gasteiger partial charge in [0, 0.05) is 11.6 Å². The fraction of sp³-hybridized carbons (Fsp3) is 0.500. The Hall–Kier alpha value is -2.02. The fourth-order valence-electron chi connectivity index (χ4n) is 2.83. The Bertz CT molecular complexity index is 696. The van der Waals surface area contributed by atoms with Crippen LogP contribution in [0.25, 0.3) is 11.5 Å². The minimum absolute atomic E-state index is 0.0257. The third-order valence-electron chi connectivity index (χ3n) is 4.17. The Morgan fingerprint density at radius 3 is 2.72 bits per heavy atom. The average molecular weight is 361 g/mol. The minimum Gasteiger partial charge on any atom is -0.494 e. The molecule has 1 aromatic heterocycles. The first kappa shape index (κ1) is 17.8. The molecular formula is C18H23N3O3S. The van der Waals surface area contributed by atoms with E-state index in [2.05, 4.69) is 15.5 Å². The van der Waals surface area contributed by atoms with Crippen molar-refractivity contribution in [1.82, 2.24) is 15.5 Å². The summed E-state index contributed by atoms with van der Waals surface area (Å²) in [4.78, 5) is 12.2. The molecule has 0 unspecified atom stereocenters. The highest BCUT2D eigenvalue weighted by Crippen LogP contribution is 2.27. The van der Waals surface area contributed by atoms with Crippen LogP contribution in [0.15, 0.2) is 33.9 Å².